The fourth-order valence-electron chi connectivity index (χ4n) is 3.85. The van der Waals surface area contributed by atoms with Crippen LogP contribution in [0.1, 0.15) is 45.4 Å². The molecule has 0 radical (unpaired) electrons. The Bertz CT molecular complexity index is 638. The second-order valence-electron chi connectivity index (χ2n) is 10.8. The van der Waals surface area contributed by atoms with Gasteiger partial charge in [-0.3, -0.25) is 4.79 Å². The number of carbonyl (C=O) groups is 1. The molecule has 0 aromatic rings. The Labute approximate surface area is 301 Å². The maximum atomic E-state index is 11.6. The zero-order valence-corrected chi connectivity index (χ0v) is 31.3. The molecule has 50 heavy (non-hydrogen) atoms. The molecule has 0 fully saturated rings. The van der Waals surface area contributed by atoms with Crippen LogP contribution in [-0.2, 0) is 66.4 Å². The molecule has 1 N–H and O–H groups in total. The molecule has 0 amide bonds. The molecule has 15 nitrogen and oxygen atoms in total. The summed E-state index contributed by atoms with van der Waals surface area (Å²) in [6.07, 6.45) is 6.07. The first-order chi connectivity index (χ1) is 24.8. The van der Waals surface area contributed by atoms with Crippen LogP contribution in [0.5, 0.6) is 0 Å². The number of hydrogen-bond donors (Lipinski definition) is 1. The first-order valence-corrected chi connectivity index (χ1v) is 18.5. The van der Waals surface area contributed by atoms with Crippen LogP contribution in [0.4, 0.5) is 0 Å². The molecule has 0 aliphatic rings. The number of nitrogens with one attached hydrogen (secondary N) is 1. The molecule has 15 heteroatoms. The summed E-state index contributed by atoms with van der Waals surface area (Å²) in [7, 11) is 1.89. The number of esters is 1. The average Bonchev–Trinajstić information content (AvgIpc) is 3.12. The fourth-order valence-corrected chi connectivity index (χ4v) is 3.85. The molecule has 0 aliphatic carbocycles. The van der Waals surface area contributed by atoms with Gasteiger partial charge in [-0.25, -0.2) is 0 Å². The van der Waals surface area contributed by atoms with E-state index in [1.165, 1.54) is 19.3 Å². The van der Waals surface area contributed by atoms with Gasteiger partial charge in [-0.15, -0.1) is 0 Å². The predicted molar refractivity (Wildman–Crippen MR) is 188 cm³/mol. The Morgan fingerprint density at radius 3 is 0.900 bits per heavy atom. The van der Waals surface area contributed by atoms with E-state index in [2.05, 4.69) is 12.2 Å². The van der Waals surface area contributed by atoms with Crippen LogP contribution in [0.15, 0.2) is 0 Å². The lowest BCUT2D eigenvalue weighted by molar-refractivity contribution is -0.145. The highest BCUT2D eigenvalue weighted by molar-refractivity contribution is 5.69. The largest absolute Gasteiger partial charge is 0.463 e. The highest BCUT2D eigenvalue weighted by Gasteiger charge is 2.02. The quantitative estimate of drug-likeness (QED) is 0.0722. The third-order valence-electron chi connectivity index (χ3n) is 6.56. The summed E-state index contributed by atoms with van der Waals surface area (Å²) in [5.41, 5.74) is 0. The van der Waals surface area contributed by atoms with Crippen LogP contribution in [0, 0.1) is 0 Å². The van der Waals surface area contributed by atoms with Gasteiger partial charge in [0.2, 0.25) is 0 Å². The van der Waals surface area contributed by atoms with Crippen molar-refractivity contribution in [2.45, 2.75) is 45.4 Å². The summed E-state index contributed by atoms with van der Waals surface area (Å²) in [4.78, 5) is 11.6. The topological polar surface area (TPSA) is 149 Å². The Morgan fingerprint density at radius 1 is 0.360 bits per heavy atom. The molecule has 300 valence electrons. The van der Waals surface area contributed by atoms with Gasteiger partial charge in [0.25, 0.3) is 0 Å². The summed E-state index contributed by atoms with van der Waals surface area (Å²) in [6, 6.07) is 0. The van der Waals surface area contributed by atoms with Crippen LogP contribution in [0.25, 0.3) is 0 Å². The van der Waals surface area contributed by atoms with Gasteiger partial charge in [0, 0.05) is 13.0 Å². The molecule has 0 saturated heterocycles. The monoisotopic (exact) mass is 729 g/mol. The third kappa shape index (κ3) is 45.0. The van der Waals surface area contributed by atoms with Crippen molar-refractivity contribution < 1.29 is 66.4 Å². The summed E-state index contributed by atoms with van der Waals surface area (Å²) in [5, 5.41) is 3.02. The van der Waals surface area contributed by atoms with Gasteiger partial charge >= 0.3 is 5.97 Å². The van der Waals surface area contributed by atoms with E-state index in [1.54, 1.807) is 0 Å². The molecule has 0 heterocycles. The Kier molecular flexibility index (Phi) is 45.0. The van der Waals surface area contributed by atoms with E-state index in [0.717, 1.165) is 19.4 Å². The summed E-state index contributed by atoms with van der Waals surface area (Å²) in [6.45, 7) is 15.6. The smallest absolute Gasteiger partial charge is 0.305 e. The molecule has 0 unspecified atom stereocenters. The fraction of sp³-hybridized carbons (Fsp3) is 0.971. The van der Waals surface area contributed by atoms with Gasteiger partial charge in [-0.05, 0) is 13.5 Å². The Balaban J connectivity index is 3.08. The maximum absolute atomic E-state index is 11.6. The first kappa shape index (κ1) is 49.0. The number of likely N-dealkylation sites (N-methyl/N-ethyl adjacent to an activating group) is 1. The van der Waals surface area contributed by atoms with E-state index >= 15 is 0 Å². The number of ether oxygens (including phenoxy) is 13. The van der Waals surface area contributed by atoms with E-state index in [1.807, 2.05) is 7.05 Å². The minimum Gasteiger partial charge on any atom is -0.463 e. The second kappa shape index (κ2) is 46.0. The van der Waals surface area contributed by atoms with Gasteiger partial charge in [0.15, 0.2) is 0 Å². The molecular weight excluding hydrogens is 658 g/mol. The first-order valence-electron chi connectivity index (χ1n) is 18.5. The predicted octanol–water partition coefficient (Wildman–Crippen LogP) is 2.31. The van der Waals surface area contributed by atoms with Gasteiger partial charge < -0.3 is 66.9 Å². The van der Waals surface area contributed by atoms with E-state index in [4.69, 9.17) is 61.6 Å². The SMILES string of the molecule is CCCCCCCC(=O)OCCOCCOCCOCCOCCOCCOCCOCCOCCOCCOCCOCCOCCNC. The van der Waals surface area contributed by atoms with Crippen molar-refractivity contribution in [1.29, 1.82) is 0 Å². The van der Waals surface area contributed by atoms with Crippen molar-refractivity contribution in [1.82, 2.24) is 5.32 Å². The van der Waals surface area contributed by atoms with E-state index in [9.17, 15) is 4.79 Å². The third-order valence-corrected chi connectivity index (χ3v) is 6.56. The normalized spacial score (nSPS) is 11.5. The van der Waals surface area contributed by atoms with Gasteiger partial charge in [0.05, 0.1) is 159 Å². The highest BCUT2D eigenvalue weighted by atomic mass is 16.6. The molecule has 0 saturated carbocycles. The minimum absolute atomic E-state index is 0.148. The molecule has 0 aromatic carbocycles. The number of rotatable bonds is 45. The maximum Gasteiger partial charge on any atom is 0.305 e. The standard InChI is InChI=1S/C35H71NO14/c1-3-4-5-6-7-8-35(37)50-34-33-49-32-31-48-30-29-47-28-27-46-26-25-45-24-23-44-22-21-43-20-19-42-18-17-41-16-15-40-14-13-39-12-11-38-10-9-36-2/h36H,3-34H2,1-2H3. The zero-order valence-electron chi connectivity index (χ0n) is 31.3. The van der Waals surface area contributed by atoms with Crippen LogP contribution >= 0.6 is 0 Å². The average molecular weight is 730 g/mol. The molecule has 0 spiro atoms. The molecule has 0 atom stereocenters. The van der Waals surface area contributed by atoms with Gasteiger partial charge in [-0.2, -0.15) is 0 Å². The van der Waals surface area contributed by atoms with Crippen molar-refractivity contribution >= 4 is 5.97 Å². The summed E-state index contributed by atoms with van der Waals surface area (Å²) < 4.78 is 70.6. The van der Waals surface area contributed by atoms with Crippen molar-refractivity contribution in [2.75, 3.05) is 179 Å². The highest BCUT2D eigenvalue weighted by Crippen LogP contribution is 2.05. The van der Waals surface area contributed by atoms with Crippen LogP contribution in [-0.4, -0.2) is 185 Å². The second-order valence-corrected chi connectivity index (χ2v) is 10.8. The summed E-state index contributed by atoms with van der Waals surface area (Å²) >= 11 is 0. The number of carbonyl (C=O) groups excluding carboxylic acids is 1. The molecule has 0 rings (SSSR count). The van der Waals surface area contributed by atoms with Crippen molar-refractivity contribution in [3.8, 4) is 0 Å². The zero-order chi connectivity index (χ0) is 36.1. The molecular formula is C35H71NO14. The minimum atomic E-state index is -0.148. The molecule has 0 aromatic heterocycles. The Hall–Kier alpha value is -1.05. The van der Waals surface area contributed by atoms with Gasteiger partial charge in [-0.1, -0.05) is 32.6 Å². The van der Waals surface area contributed by atoms with Crippen LogP contribution in [0.2, 0.25) is 0 Å². The van der Waals surface area contributed by atoms with E-state index < -0.39 is 0 Å². The number of unbranched alkanes of at least 4 members (excludes halogenated alkanes) is 4. The molecule has 0 aliphatic heterocycles. The van der Waals surface area contributed by atoms with Crippen molar-refractivity contribution in [3.05, 3.63) is 0 Å². The number of hydrogen-bond acceptors (Lipinski definition) is 15. The lowest BCUT2D eigenvalue weighted by Crippen LogP contribution is -2.17. The van der Waals surface area contributed by atoms with Crippen LogP contribution in [0.3, 0.4) is 0 Å². The van der Waals surface area contributed by atoms with Crippen molar-refractivity contribution in [2.24, 2.45) is 0 Å². The summed E-state index contributed by atoms with van der Waals surface area (Å²) in [5.74, 6) is -0.148. The van der Waals surface area contributed by atoms with Crippen LogP contribution < -0.4 is 5.32 Å². The molecule has 0 bridgehead atoms. The lowest BCUT2D eigenvalue weighted by atomic mass is 10.1. The van der Waals surface area contributed by atoms with E-state index in [-0.39, 0.29) is 12.6 Å². The van der Waals surface area contributed by atoms with Gasteiger partial charge in [0.1, 0.15) is 6.61 Å². The Morgan fingerprint density at radius 2 is 0.620 bits per heavy atom. The van der Waals surface area contributed by atoms with E-state index in [0.29, 0.717) is 165 Å². The lowest BCUT2D eigenvalue weighted by Gasteiger charge is -2.09. The van der Waals surface area contributed by atoms with Crippen molar-refractivity contribution in [3.63, 3.8) is 0 Å².